The van der Waals surface area contributed by atoms with Gasteiger partial charge in [0.05, 0.1) is 10.3 Å². The number of benzene rings is 1. The predicted octanol–water partition coefficient (Wildman–Crippen LogP) is 3.46. The molecule has 1 aromatic carbocycles. The van der Waals surface area contributed by atoms with E-state index in [2.05, 4.69) is 5.32 Å². The van der Waals surface area contributed by atoms with Crippen LogP contribution in [0.15, 0.2) is 30.3 Å². The van der Waals surface area contributed by atoms with Crippen molar-refractivity contribution < 1.29 is 9.59 Å². The van der Waals surface area contributed by atoms with Crippen molar-refractivity contribution in [3.63, 3.8) is 0 Å². The number of carbonyl (C=O) groups is 2. The minimum Gasteiger partial charge on any atom is -0.325 e. The van der Waals surface area contributed by atoms with Gasteiger partial charge in [-0.25, -0.2) is 0 Å². The molecular formula is C15H13NO2S. The first-order valence-corrected chi connectivity index (χ1v) is 6.85. The molecule has 0 spiro atoms. The number of thiophene rings is 1. The zero-order valence-electron chi connectivity index (χ0n) is 10.7. The summed E-state index contributed by atoms with van der Waals surface area (Å²) < 4.78 is 0. The van der Waals surface area contributed by atoms with Crippen LogP contribution in [0.4, 0.5) is 5.69 Å². The van der Waals surface area contributed by atoms with Crippen LogP contribution >= 0.6 is 11.3 Å². The zero-order chi connectivity index (χ0) is 13.6. The van der Waals surface area contributed by atoms with Crippen LogP contribution in [0.2, 0.25) is 0 Å². The second-order valence-corrected chi connectivity index (χ2v) is 6.27. The summed E-state index contributed by atoms with van der Waals surface area (Å²) in [7, 11) is 0. The first kappa shape index (κ1) is 12.1. The third kappa shape index (κ3) is 1.79. The molecule has 1 amide bonds. The van der Waals surface area contributed by atoms with Gasteiger partial charge < -0.3 is 5.32 Å². The molecule has 0 saturated heterocycles. The Hall–Kier alpha value is -1.94. The number of aldehydes is 1. The first-order valence-electron chi connectivity index (χ1n) is 6.04. The topological polar surface area (TPSA) is 46.2 Å². The van der Waals surface area contributed by atoms with Crippen molar-refractivity contribution in [2.24, 2.45) is 0 Å². The van der Waals surface area contributed by atoms with Gasteiger partial charge in [-0.15, -0.1) is 11.3 Å². The van der Waals surface area contributed by atoms with Crippen molar-refractivity contribution >= 4 is 29.2 Å². The first-order chi connectivity index (χ1) is 9.02. The summed E-state index contributed by atoms with van der Waals surface area (Å²) in [6.07, 6.45) is 0.858. The van der Waals surface area contributed by atoms with Gasteiger partial charge in [-0.1, -0.05) is 6.07 Å². The fourth-order valence-electron chi connectivity index (χ4n) is 2.30. The summed E-state index contributed by atoms with van der Waals surface area (Å²) in [5.41, 5.74) is 2.43. The molecule has 3 rings (SSSR count). The Morgan fingerprint density at radius 1 is 1.21 bits per heavy atom. The molecule has 19 heavy (non-hydrogen) atoms. The molecule has 0 bridgehead atoms. The van der Waals surface area contributed by atoms with Crippen LogP contribution in [0.5, 0.6) is 0 Å². The minimum atomic E-state index is -0.504. The van der Waals surface area contributed by atoms with Gasteiger partial charge in [0.15, 0.2) is 6.29 Å². The highest BCUT2D eigenvalue weighted by Crippen LogP contribution is 2.40. The van der Waals surface area contributed by atoms with Crippen LogP contribution in [0.1, 0.15) is 29.1 Å². The summed E-state index contributed by atoms with van der Waals surface area (Å²) in [6, 6.07) is 9.69. The van der Waals surface area contributed by atoms with Crippen LogP contribution in [0.3, 0.4) is 0 Å². The molecule has 0 saturated carbocycles. The lowest BCUT2D eigenvalue weighted by atomic mass is 9.85. The molecule has 2 aromatic rings. The molecule has 4 heteroatoms. The number of amides is 1. The number of rotatable bonds is 2. The molecule has 0 radical (unpaired) electrons. The van der Waals surface area contributed by atoms with Gasteiger partial charge in [0, 0.05) is 10.6 Å². The van der Waals surface area contributed by atoms with E-state index in [4.69, 9.17) is 0 Å². The summed E-state index contributed by atoms with van der Waals surface area (Å²) in [5, 5.41) is 2.89. The molecular weight excluding hydrogens is 258 g/mol. The molecule has 0 fully saturated rings. The highest BCUT2D eigenvalue weighted by atomic mass is 32.1. The second-order valence-electron chi connectivity index (χ2n) is 5.16. The zero-order valence-corrected chi connectivity index (χ0v) is 11.5. The normalized spacial score (nSPS) is 16.0. The van der Waals surface area contributed by atoms with Crippen molar-refractivity contribution in [2.45, 2.75) is 19.3 Å². The van der Waals surface area contributed by atoms with E-state index in [1.165, 1.54) is 11.3 Å². The van der Waals surface area contributed by atoms with Gasteiger partial charge in [-0.3, -0.25) is 9.59 Å². The molecule has 2 heterocycles. The molecule has 0 unspecified atom stereocenters. The summed E-state index contributed by atoms with van der Waals surface area (Å²) in [6.45, 7) is 3.84. The fourth-order valence-corrected chi connectivity index (χ4v) is 3.11. The number of carbonyl (C=O) groups excluding carboxylic acids is 2. The molecule has 1 aromatic heterocycles. The van der Waals surface area contributed by atoms with Crippen molar-refractivity contribution in [1.82, 2.24) is 0 Å². The summed E-state index contributed by atoms with van der Waals surface area (Å²) in [5.74, 6) is 0.0272. The van der Waals surface area contributed by atoms with Crippen molar-refractivity contribution in [3.8, 4) is 10.4 Å². The monoisotopic (exact) mass is 271 g/mol. The van der Waals surface area contributed by atoms with Crippen LogP contribution < -0.4 is 5.32 Å². The van der Waals surface area contributed by atoms with Crippen LogP contribution in [0.25, 0.3) is 10.4 Å². The maximum absolute atomic E-state index is 11.9. The van der Waals surface area contributed by atoms with E-state index in [0.29, 0.717) is 4.88 Å². The third-order valence-electron chi connectivity index (χ3n) is 3.54. The Kier molecular flexibility index (Phi) is 2.57. The highest BCUT2D eigenvalue weighted by molar-refractivity contribution is 7.17. The Morgan fingerprint density at radius 3 is 2.68 bits per heavy atom. The largest absolute Gasteiger partial charge is 0.325 e. The number of hydrogen-bond acceptors (Lipinski definition) is 3. The predicted molar refractivity (Wildman–Crippen MR) is 76.8 cm³/mol. The number of fused-ring (bicyclic) bond motifs is 1. The maximum Gasteiger partial charge on any atom is 0.234 e. The van der Waals surface area contributed by atoms with Gasteiger partial charge in [0.1, 0.15) is 0 Å². The van der Waals surface area contributed by atoms with Gasteiger partial charge in [-0.05, 0) is 49.2 Å². The standard InChI is InChI=1S/C15H13NO2S/c1-15(2)11-7-9(3-5-12(11)16-14(15)18)13-6-4-10(8-17)19-13/h3-8H,1-2H3,(H,16,18). The lowest BCUT2D eigenvalue weighted by Crippen LogP contribution is -2.26. The van der Waals surface area contributed by atoms with Crippen molar-refractivity contribution in [2.75, 3.05) is 5.32 Å². The highest BCUT2D eigenvalue weighted by Gasteiger charge is 2.38. The lowest BCUT2D eigenvalue weighted by Gasteiger charge is -2.15. The van der Waals surface area contributed by atoms with Gasteiger partial charge >= 0.3 is 0 Å². The van der Waals surface area contributed by atoms with E-state index in [1.54, 1.807) is 0 Å². The van der Waals surface area contributed by atoms with E-state index < -0.39 is 5.41 Å². The third-order valence-corrected chi connectivity index (χ3v) is 4.60. The molecule has 1 aliphatic rings. The molecule has 3 nitrogen and oxygen atoms in total. The SMILES string of the molecule is CC1(C)C(=O)Nc2ccc(-c3ccc(C=O)s3)cc21. The van der Waals surface area contributed by atoms with E-state index >= 15 is 0 Å². The summed E-state index contributed by atoms with van der Waals surface area (Å²) in [4.78, 5) is 24.4. The van der Waals surface area contributed by atoms with Crippen molar-refractivity contribution in [1.29, 1.82) is 0 Å². The van der Waals surface area contributed by atoms with E-state index in [9.17, 15) is 9.59 Å². The Labute approximate surface area is 115 Å². The number of anilines is 1. The average Bonchev–Trinajstić information content (AvgIpc) is 2.94. The Morgan fingerprint density at radius 2 is 2.00 bits per heavy atom. The molecule has 1 N–H and O–H groups in total. The van der Waals surface area contributed by atoms with Crippen molar-refractivity contribution in [3.05, 3.63) is 40.8 Å². The second kappa shape index (κ2) is 4.03. The van der Waals surface area contributed by atoms with Gasteiger partial charge in [0.2, 0.25) is 5.91 Å². The quantitative estimate of drug-likeness (QED) is 0.850. The fraction of sp³-hybridized carbons (Fsp3) is 0.200. The number of nitrogens with one attached hydrogen (secondary N) is 1. The van der Waals surface area contributed by atoms with Gasteiger partial charge in [-0.2, -0.15) is 0 Å². The van der Waals surface area contributed by atoms with E-state index in [0.717, 1.165) is 28.0 Å². The number of hydrogen-bond donors (Lipinski definition) is 1. The van der Waals surface area contributed by atoms with Crippen LogP contribution in [-0.4, -0.2) is 12.2 Å². The lowest BCUT2D eigenvalue weighted by molar-refractivity contribution is -0.119. The average molecular weight is 271 g/mol. The molecule has 0 aliphatic carbocycles. The van der Waals surface area contributed by atoms with E-state index in [-0.39, 0.29) is 5.91 Å². The van der Waals surface area contributed by atoms with Gasteiger partial charge in [0.25, 0.3) is 0 Å². The molecule has 0 atom stereocenters. The Bertz CT molecular complexity index is 685. The van der Waals surface area contributed by atoms with Crippen LogP contribution in [-0.2, 0) is 10.2 Å². The van der Waals surface area contributed by atoms with E-state index in [1.807, 2.05) is 44.2 Å². The smallest absolute Gasteiger partial charge is 0.234 e. The Balaban J connectivity index is 2.10. The molecule has 1 aliphatic heterocycles. The molecule has 96 valence electrons. The maximum atomic E-state index is 11.9. The van der Waals surface area contributed by atoms with Crippen LogP contribution in [0, 0.1) is 0 Å². The summed E-state index contributed by atoms with van der Waals surface area (Å²) >= 11 is 1.46. The minimum absolute atomic E-state index is 0.0272.